The molecule has 0 N–H and O–H groups in total. The van der Waals surface area contributed by atoms with Crippen molar-refractivity contribution in [3.8, 4) is 0 Å². The van der Waals surface area contributed by atoms with Gasteiger partial charge in [-0.1, -0.05) is 0 Å². The summed E-state index contributed by atoms with van der Waals surface area (Å²) >= 11 is 8.25. The van der Waals surface area contributed by atoms with Gasteiger partial charge in [0.15, 0.2) is 0 Å². The van der Waals surface area contributed by atoms with Crippen molar-refractivity contribution in [3.05, 3.63) is 0 Å². The molecule has 0 aliphatic rings. The van der Waals surface area contributed by atoms with Crippen molar-refractivity contribution in [2.75, 3.05) is 0 Å². The molecule has 0 rings (SSSR count). The average molecular weight is 613 g/mol. The first-order valence-corrected chi connectivity index (χ1v) is 31.5. The van der Waals surface area contributed by atoms with E-state index in [0.717, 1.165) is 5.92 Å². The van der Waals surface area contributed by atoms with Crippen LogP contribution >= 0.6 is 55.9 Å². The standard InChI is InChI=1S/C8H17.3HI.Sn/c1-4-6-7-8(3)5-2;;;;/h8H,3-7H2,1-2H3;3*1H;/q;;;;+3/p-3. The van der Waals surface area contributed by atoms with Crippen LogP contribution in [-0.4, -0.2) is 6.47 Å². The summed E-state index contributed by atoms with van der Waals surface area (Å²) in [5.41, 5.74) is 0. The molecule has 1 unspecified atom stereocenters. The Labute approximate surface area is 110 Å². The van der Waals surface area contributed by atoms with Crippen LogP contribution in [0.25, 0.3) is 0 Å². The fraction of sp³-hybridized carbons (Fsp3) is 1.00. The zero-order valence-corrected chi connectivity index (χ0v) is 17.1. The van der Waals surface area contributed by atoms with Gasteiger partial charge in [0.1, 0.15) is 0 Å². The van der Waals surface area contributed by atoms with E-state index in [1.165, 1.54) is 25.7 Å². The summed E-state index contributed by atoms with van der Waals surface area (Å²) in [5, 5.41) is 0. The minimum atomic E-state index is -1.55. The predicted octanol–water partition coefficient (Wildman–Crippen LogP) is 5.45. The van der Waals surface area contributed by atoms with E-state index < -0.39 is 6.47 Å². The van der Waals surface area contributed by atoms with Crippen molar-refractivity contribution >= 4 is 62.4 Å². The number of halogens is 3. The van der Waals surface area contributed by atoms with Crippen molar-refractivity contribution in [3.63, 3.8) is 0 Å². The summed E-state index contributed by atoms with van der Waals surface area (Å²) in [6, 6.07) is 0. The molecule has 0 aliphatic carbocycles. The van der Waals surface area contributed by atoms with E-state index in [0.29, 0.717) is 0 Å². The summed E-state index contributed by atoms with van der Waals surface area (Å²) < 4.78 is 1.56. The molecule has 0 nitrogen and oxygen atoms in total. The summed E-state index contributed by atoms with van der Waals surface area (Å²) in [6.07, 6.45) is 5.67. The van der Waals surface area contributed by atoms with Gasteiger partial charge in [-0.15, -0.1) is 0 Å². The summed E-state index contributed by atoms with van der Waals surface area (Å²) in [4.78, 5) is 0. The monoisotopic (exact) mass is 614 g/mol. The zero-order valence-electron chi connectivity index (χ0n) is 7.75. The van der Waals surface area contributed by atoms with Crippen molar-refractivity contribution in [2.45, 2.75) is 44.0 Å². The van der Waals surface area contributed by atoms with Crippen molar-refractivity contribution < 1.29 is 0 Å². The fourth-order valence-electron chi connectivity index (χ4n) is 1.27. The second-order valence-electron chi connectivity index (χ2n) is 3.24. The Morgan fingerprint density at radius 2 is 1.75 bits per heavy atom. The van der Waals surface area contributed by atoms with Gasteiger partial charge < -0.3 is 0 Å². The van der Waals surface area contributed by atoms with Crippen LogP contribution in [0.4, 0.5) is 0 Å². The average Bonchev–Trinajstić information content (AvgIpc) is 1.95. The third-order valence-corrected chi connectivity index (χ3v) is 13.9. The SMILES string of the molecule is CCCCC(CC)[CH2][Sn]([I])([I])[I]. The van der Waals surface area contributed by atoms with E-state index in [-0.39, 0.29) is 0 Å². The molecule has 4 heteroatoms. The topological polar surface area (TPSA) is 0 Å². The summed E-state index contributed by atoms with van der Waals surface area (Å²) in [6.45, 7) is 3.09. The Balaban J connectivity index is 3.67. The molecule has 0 radical (unpaired) electrons. The molecule has 0 saturated carbocycles. The quantitative estimate of drug-likeness (QED) is 0.277. The molecule has 0 aromatic carbocycles. The first kappa shape index (κ1) is 15.0. The zero-order chi connectivity index (χ0) is 9.61. The molecular formula is C8H17I3Sn. The van der Waals surface area contributed by atoms with Crippen LogP contribution in [-0.2, 0) is 0 Å². The van der Waals surface area contributed by atoms with Crippen LogP contribution in [0.15, 0.2) is 0 Å². The Morgan fingerprint density at radius 1 is 1.17 bits per heavy atom. The van der Waals surface area contributed by atoms with E-state index in [4.69, 9.17) is 0 Å². The number of hydrogen-bond donors (Lipinski definition) is 0. The van der Waals surface area contributed by atoms with Gasteiger partial charge in [-0.2, -0.15) is 0 Å². The molecule has 0 aromatic heterocycles. The minimum absolute atomic E-state index is 1.03. The Hall–Kier alpha value is 2.99. The summed E-state index contributed by atoms with van der Waals surface area (Å²) in [5.74, 6) is 1.03. The van der Waals surface area contributed by atoms with E-state index >= 15 is 0 Å². The normalized spacial score (nSPS) is 14.8. The first-order chi connectivity index (χ1) is 5.49. The fourth-order valence-corrected chi connectivity index (χ4v) is 17.1. The molecule has 0 saturated heterocycles. The molecule has 0 aliphatic heterocycles. The van der Waals surface area contributed by atoms with Crippen LogP contribution in [0.5, 0.6) is 0 Å². The second kappa shape index (κ2) is 8.18. The van der Waals surface area contributed by atoms with Gasteiger partial charge >= 0.3 is 112 Å². The third-order valence-electron chi connectivity index (χ3n) is 2.06. The van der Waals surface area contributed by atoms with Crippen molar-refractivity contribution in [1.82, 2.24) is 0 Å². The maximum absolute atomic E-state index is 2.75. The van der Waals surface area contributed by atoms with Crippen LogP contribution in [0, 0.1) is 5.92 Å². The predicted molar refractivity (Wildman–Crippen MR) is 85.9 cm³/mol. The first-order valence-electron chi connectivity index (χ1n) is 4.56. The van der Waals surface area contributed by atoms with Gasteiger partial charge in [0.2, 0.25) is 0 Å². The van der Waals surface area contributed by atoms with Gasteiger partial charge in [-0.3, -0.25) is 0 Å². The van der Waals surface area contributed by atoms with E-state index in [9.17, 15) is 0 Å². The van der Waals surface area contributed by atoms with E-state index in [1.54, 1.807) is 4.44 Å². The van der Waals surface area contributed by atoms with Gasteiger partial charge in [-0.25, -0.2) is 0 Å². The molecule has 0 spiro atoms. The second-order valence-corrected chi connectivity index (χ2v) is 86.5. The molecular weight excluding hydrogens is 596 g/mol. The molecule has 74 valence electrons. The third kappa shape index (κ3) is 9.54. The van der Waals surface area contributed by atoms with Gasteiger partial charge in [0.25, 0.3) is 0 Å². The summed E-state index contributed by atoms with van der Waals surface area (Å²) in [7, 11) is 0. The van der Waals surface area contributed by atoms with Crippen LogP contribution in [0.1, 0.15) is 39.5 Å². The molecule has 0 heterocycles. The number of rotatable bonds is 6. The molecule has 0 amide bonds. The Kier molecular flexibility index (Phi) is 10.2. The van der Waals surface area contributed by atoms with E-state index in [1.807, 2.05) is 0 Å². The molecule has 1 atom stereocenters. The van der Waals surface area contributed by atoms with Crippen molar-refractivity contribution in [1.29, 1.82) is 0 Å². The Bertz CT molecular complexity index is 111. The van der Waals surface area contributed by atoms with Crippen LogP contribution in [0.3, 0.4) is 0 Å². The van der Waals surface area contributed by atoms with Gasteiger partial charge in [-0.05, 0) is 0 Å². The molecule has 0 aromatic rings. The van der Waals surface area contributed by atoms with Crippen LogP contribution < -0.4 is 0 Å². The number of unbranched alkanes of at least 4 members (excludes halogenated alkanes) is 1. The number of hydrogen-bond acceptors (Lipinski definition) is 0. The molecule has 0 bridgehead atoms. The molecule has 12 heavy (non-hydrogen) atoms. The van der Waals surface area contributed by atoms with Gasteiger partial charge in [0.05, 0.1) is 0 Å². The molecule has 0 fully saturated rings. The van der Waals surface area contributed by atoms with E-state index in [2.05, 4.69) is 69.7 Å². The maximum atomic E-state index is 2.75. The van der Waals surface area contributed by atoms with Crippen LogP contribution in [0.2, 0.25) is 4.44 Å². The van der Waals surface area contributed by atoms with Crippen molar-refractivity contribution in [2.24, 2.45) is 5.92 Å². The Morgan fingerprint density at radius 3 is 2.08 bits per heavy atom. The van der Waals surface area contributed by atoms with Gasteiger partial charge in [0, 0.05) is 0 Å².